The number of carboxylic acid groups (broad SMARTS) is 1. The Hall–Kier alpha value is -2.46. The second kappa shape index (κ2) is 8.58. The molecule has 3 rings (SSSR count). The van der Waals surface area contributed by atoms with Gasteiger partial charge in [-0.3, -0.25) is 0 Å². The monoisotopic (exact) mass is 359 g/mol. The van der Waals surface area contributed by atoms with Crippen LogP contribution in [0.2, 0.25) is 0 Å². The van der Waals surface area contributed by atoms with Crippen molar-refractivity contribution in [3.05, 3.63) is 64.7 Å². The molecule has 1 aliphatic rings. The molecule has 0 fully saturated rings. The second-order valence-corrected chi connectivity index (χ2v) is 5.83. The largest absolute Gasteiger partial charge is 0.494 e. The molecule has 0 saturated carbocycles. The van der Waals surface area contributed by atoms with Crippen molar-refractivity contribution < 1.29 is 14.6 Å². The minimum atomic E-state index is -0.846. The van der Waals surface area contributed by atoms with Crippen LogP contribution in [0.3, 0.4) is 0 Å². The number of fused-ring (bicyclic) bond motifs is 1. The number of halogens is 1. The molecule has 0 radical (unpaired) electrons. The van der Waals surface area contributed by atoms with Crippen LogP contribution in [0.1, 0.15) is 30.0 Å². The molecule has 4 nitrogen and oxygen atoms in total. The highest BCUT2D eigenvalue weighted by Crippen LogP contribution is 2.26. The highest BCUT2D eigenvalue weighted by Gasteiger charge is 2.13. The first-order valence-corrected chi connectivity index (χ1v) is 8.18. The topological polar surface area (TPSA) is 58.6 Å². The summed E-state index contributed by atoms with van der Waals surface area (Å²) >= 11 is 0. The molecule has 5 heteroatoms. The lowest BCUT2D eigenvalue weighted by atomic mass is 10.0. The van der Waals surface area contributed by atoms with Crippen molar-refractivity contribution >= 4 is 30.1 Å². The zero-order chi connectivity index (χ0) is 16.9. The Morgan fingerprint density at radius 2 is 1.88 bits per heavy atom. The van der Waals surface area contributed by atoms with Gasteiger partial charge in [0.25, 0.3) is 0 Å². The third-order valence-electron chi connectivity index (χ3n) is 4.07. The lowest BCUT2D eigenvalue weighted by molar-refractivity contribution is -0.132. The van der Waals surface area contributed by atoms with Crippen molar-refractivity contribution in [3.63, 3.8) is 0 Å². The standard InChI is InChI=1S/C20H21NO3.ClH/c1-2-24-18-6-3-14(4-7-18)11-15-5-8-19-17(12-15)13-16(20(22)23)9-10-21-19;/h3-8,12-13,21H,2,9-11H2,1H3,(H,22,23);1H. The molecular formula is C20H22ClNO3. The van der Waals surface area contributed by atoms with Crippen molar-refractivity contribution in [2.75, 3.05) is 18.5 Å². The number of ether oxygens (including phenoxy) is 1. The van der Waals surface area contributed by atoms with E-state index in [1.807, 2.05) is 25.1 Å². The Kier molecular flexibility index (Phi) is 6.48. The molecule has 0 amide bonds. The summed E-state index contributed by atoms with van der Waals surface area (Å²) in [5.41, 5.74) is 4.72. The molecule has 0 bridgehead atoms. The lowest BCUT2D eigenvalue weighted by Gasteiger charge is -2.10. The quantitative estimate of drug-likeness (QED) is 0.831. The fraction of sp³-hybridized carbons (Fsp3) is 0.250. The molecule has 25 heavy (non-hydrogen) atoms. The summed E-state index contributed by atoms with van der Waals surface area (Å²) in [5, 5.41) is 12.5. The van der Waals surface area contributed by atoms with Crippen LogP contribution in [0.15, 0.2) is 48.0 Å². The zero-order valence-corrected chi connectivity index (χ0v) is 14.9. The van der Waals surface area contributed by atoms with Crippen LogP contribution in [0.5, 0.6) is 5.75 Å². The maximum Gasteiger partial charge on any atom is 0.331 e. The maximum atomic E-state index is 11.3. The van der Waals surface area contributed by atoms with E-state index in [0.717, 1.165) is 29.0 Å². The van der Waals surface area contributed by atoms with Gasteiger partial charge in [-0.25, -0.2) is 4.79 Å². The number of anilines is 1. The molecule has 2 N–H and O–H groups in total. The summed E-state index contributed by atoms with van der Waals surface area (Å²) in [6.07, 6.45) is 3.10. The van der Waals surface area contributed by atoms with Crippen LogP contribution in [0, 0.1) is 0 Å². The molecule has 0 atom stereocenters. The Balaban J connectivity index is 0.00000225. The van der Waals surface area contributed by atoms with Crippen LogP contribution in [-0.4, -0.2) is 24.2 Å². The van der Waals surface area contributed by atoms with Crippen LogP contribution in [-0.2, 0) is 11.2 Å². The van der Waals surface area contributed by atoms with Crippen molar-refractivity contribution in [3.8, 4) is 5.75 Å². The van der Waals surface area contributed by atoms with Crippen molar-refractivity contribution in [1.29, 1.82) is 0 Å². The summed E-state index contributed by atoms with van der Waals surface area (Å²) < 4.78 is 5.46. The Morgan fingerprint density at radius 1 is 1.16 bits per heavy atom. The van der Waals surface area contributed by atoms with E-state index in [9.17, 15) is 9.90 Å². The average Bonchev–Trinajstić information content (AvgIpc) is 2.79. The highest BCUT2D eigenvalue weighted by molar-refractivity contribution is 5.94. The molecule has 0 unspecified atom stereocenters. The summed E-state index contributed by atoms with van der Waals surface area (Å²) in [6, 6.07) is 14.3. The molecule has 2 aromatic rings. The van der Waals surface area contributed by atoms with Gasteiger partial charge in [0.15, 0.2) is 0 Å². The van der Waals surface area contributed by atoms with Crippen LogP contribution < -0.4 is 10.1 Å². The van der Waals surface area contributed by atoms with Gasteiger partial charge in [-0.1, -0.05) is 18.2 Å². The highest BCUT2D eigenvalue weighted by atomic mass is 35.5. The minimum absolute atomic E-state index is 0. The molecule has 0 aromatic heterocycles. The molecule has 0 aliphatic carbocycles. The first-order valence-electron chi connectivity index (χ1n) is 8.18. The van der Waals surface area contributed by atoms with E-state index in [4.69, 9.17) is 4.74 Å². The molecule has 1 aliphatic heterocycles. The zero-order valence-electron chi connectivity index (χ0n) is 14.1. The Morgan fingerprint density at radius 3 is 2.56 bits per heavy atom. The second-order valence-electron chi connectivity index (χ2n) is 5.83. The fourth-order valence-electron chi connectivity index (χ4n) is 2.87. The van der Waals surface area contributed by atoms with Crippen LogP contribution in [0.4, 0.5) is 5.69 Å². The Labute approximate surface area is 153 Å². The van der Waals surface area contributed by atoms with Gasteiger partial charge in [-0.15, -0.1) is 12.4 Å². The van der Waals surface area contributed by atoms with E-state index in [0.29, 0.717) is 25.1 Å². The molecule has 2 aromatic carbocycles. The van der Waals surface area contributed by atoms with E-state index < -0.39 is 5.97 Å². The molecular weight excluding hydrogens is 338 g/mol. The minimum Gasteiger partial charge on any atom is -0.494 e. The van der Waals surface area contributed by atoms with Gasteiger partial charge in [0.2, 0.25) is 0 Å². The van der Waals surface area contributed by atoms with Gasteiger partial charge >= 0.3 is 5.97 Å². The normalized spacial score (nSPS) is 12.8. The summed E-state index contributed by atoms with van der Waals surface area (Å²) in [4.78, 5) is 11.3. The summed E-state index contributed by atoms with van der Waals surface area (Å²) in [5.74, 6) is 0.0305. The predicted molar refractivity (Wildman–Crippen MR) is 103 cm³/mol. The number of carboxylic acids is 1. The number of aliphatic carboxylic acids is 1. The van der Waals surface area contributed by atoms with Gasteiger partial charge in [0.05, 0.1) is 6.61 Å². The molecule has 132 valence electrons. The lowest BCUT2D eigenvalue weighted by Crippen LogP contribution is -2.05. The third-order valence-corrected chi connectivity index (χ3v) is 4.07. The van der Waals surface area contributed by atoms with Crippen molar-refractivity contribution in [2.24, 2.45) is 0 Å². The van der Waals surface area contributed by atoms with E-state index in [-0.39, 0.29) is 12.4 Å². The van der Waals surface area contributed by atoms with Gasteiger partial charge in [0, 0.05) is 17.8 Å². The number of carbonyl (C=O) groups is 1. The first-order chi connectivity index (χ1) is 11.7. The third kappa shape index (κ3) is 4.77. The van der Waals surface area contributed by atoms with E-state index >= 15 is 0 Å². The molecule has 0 spiro atoms. The molecule has 1 heterocycles. The van der Waals surface area contributed by atoms with Gasteiger partial charge in [-0.05, 0) is 66.8 Å². The number of nitrogens with one attached hydrogen (secondary N) is 1. The smallest absolute Gasteiger partial charge is 0.331 e. The maximum absolute atomic E-state index is 11.3. The van der Waals surface area contributed by atoms with Crippen molar-refractivity contribution in [2.45, 2.75) is 19.8 Å². The van der Waals surface area contributed by atoms with Gasteiger partial charge < -0.3 is 15.2 Å². The van der Waals surface area contributed by atoms with Gasteiger partial charge in [-0.2, -0.15) is 0 Å². The summed E-state index contributed by atoms with van der Waals surface area (Å²) in [6.45, 7) is 3.27. The summed E-state index contributed by atoms with van der Waals surface area (Å²) in [7, 11) is 0. The fourth-order valence-corrected chi connectivity index (χ4v) is 2.87. The van der Waals surface area contributed by atoms with Crippen LogP contribution >= 0.6 is 12.4 Å². The first kappa shape index (κ1) is 18.9. The number of hydrogen-bond acceptors (Lipinski definition) is 3. The van der Waals surface area contributed by atoms with E-state index in [1.165, 1.54) is 5.56 Å². The predicted octanol–water partition coefficient (Wildman–Crippen LogP) is 4.38. The van der Waals surface area contributed by atoms with E-state index in [2.05, 4.69) is 29.6 Å². The number of benzene rings is 2. The molecule has 0 saturated heterocycles. The average molecular weight is 360 g/mol. The SMILES string of the molecule is CCOc1ccc(Cc2ccc3c(c2)C=C(C(=O)O)CCN3)cc1.Cl. The Bertz CT molecular complexity index is 769. The van der Waals surface area contributed by atoms with Crippen molar-refractivity contribution in [1.82, 2.24) is 0 Å². The van der Waals surface area contributed by atoms with E-state index in [1.54, 1.807) is 6.08 Å². The number of rotatable bonds is 5. The van der Waals surface area contributed by atoms with Crippen LogP contribution in [0.25, 0.3) is 6.08 Å². The number of hydrogen-bond donors (Lipinski definition) is 2. The van der Waals surface area contributed by atoms with Gasteiger partial charge in [0.1, 0.15) is 5.75 Å².